The van der Waals surface area contributed by atoms with Gasteiger partial charge < -0.3 is 5.32 Å². The highest BCUT2D eigenvalue weighted by Gasteiger charge is 2.07. The first-order valence-corrected chi connectivity index (χ1v) is 8.29. The van der Waals surface area contributed by atoms with Crippen LogP contribution >= 0.6 is 23.4 Å². The van der Waals surface area contributed by atoms with E-state index in [-0.39, 0.29) is 0 Å². The van der Waals surface area contributed by atoms with Crippen LogP contribution in [-0.2, 0) is 0 Å². The molecule has 0 amide bonds. The summed E-state index contributed by atoms with van der Waals surface area (Å²) in [6.07, 6.45) is 2.12. The summed E-state index contributed by atoms with van der Waals surface area (Å²) in [5, 5.41) is 3.79. The van der Waals surface area contributed by atoms with Crippen LogP contribution in [0, 0.1) is 5.92 Å². The standard InChI is InChI=1S/C15H18ClN3S/c1-11(10-20-2)9-17-14-8-13(16)18-15(19-14)12-6-4-3-5-7-12/h3-8,11H,9-10H2,1-2H3,(H,17,18,19). The molecule has 0 radical (unpaired) electrons. The van der Waals surface area contributed by atoms with Gasteiger partial charge in [0.05, 0.1) is 0 Å². The van der Waals surface area contributed by atoms with E-state index in [1.54, 1.807) is 6.07 Å². The number of nitrogens with one attached hydrogen (secondary N) is 1. The first kappa shape index (κ1) is 15.1. The molecule has 1 aromatic carbocycles. The molecule has 1 heterocycles. The topological polar surface area (TPSA) is 37.8 Å². The van der Waals surface area contributed by atoms with Gasteiger partial charge in [-0.3, -0.25) is 0 Å². The fraction of sp³-hybridized carbons (Fsp3) is 0.333. The maximum atomic E-state index is 6.08. The quantitative estimate of drug-likeness (QED) is 0.811. The average Bonchev–Trinajstić information content (AvgIpc) is 2.46. The van der Waals surface area contributed by atoms with Crippen molar-refractivity contribution >= 4 is 29.2 Å². The molecule has 106 valence electrons. The van der Waals surface area contributed by atoms with Crippen molar-refractivity contribution in [3.05, 3.63) is 41.6 Å². The monoisotopic (exact) mass is 307 g/mol. The minimum Gasteiger partial charge on any atom is -0.370 e. The van der Waals surface area contributed by atoms with Crippen LogP contribution in [0.15, 0.2) is 36.4 Å². The first-order valence-electron chi connectivity index (χ1n) is 6.52. The summed E-state index contributed by atoms with van der Waals surface area (Å²) in [7, 11) is 0. The Hall–Kier alpha value is -1.26. The van der Waals surface area contributed by atoms with E-state index in [9.17, 15) is 0 Å². The number of rotatable bonds is 6. The maximum Gasteiger partial charge on any atom is 0.163 e. The summed E-state index contributed by atoms with van der Waals surface area (Å²) in [5.74, 6) is 3.13. The van der Waals surface area contributed by atoms with E-state index in [2.05, 4.69) is 28.5 Å². The van der Waals surface area contributed by atoms with Crippen LogP contribution in [0.3, 0.4) is 0 Å². The third-order valence-electron chi connectivity index (χ3n) is 2.81. The second-order valence-corrected chi connectivity index (χ2v) is 6.00. The molecule has 1 atom stereocenters. The second-order valence-electron chi connectivity index (χ2n) is 4.71. The van der Waals surface area contributed by atoms with Crippen LogP contribution in [0.25, 0.3) is 11.4 Å². The smallest absolute Gasteiger partial charge is 0.163 e. The molecule has 20 heavy (non-hydrogen) atoms. The number of hydrogen-bond acceptors (Lipinski definition) is 4. The molecule has 2 rings (SSSR count). The number of anilines is 1. The molecule has 0 aliphatic carbocycles. The molecule has 5 heteroatoms. The Bertz CT molecular complexity index is 548. The Balaban J connectivity index is 2.13. The molecular weight excluding hydrogens is 290 g/mol. The number of benzene rings is 1. The molecule has 0 saturated heterocycles. The molecule has 0 aliphatic rings. The highest BCUT2D eigenvalue weighted by molar-refractivity contribution is 7.98. The van der Waals surface area contributed by atoms with Crippen molar-refractivity contribution < 1.29 is 0 Å². The minimum absolute atomic E-state index is 0.457. The zero-order valence-electron chi connectivity index (χ0n) is 11.6. The maximum absolute atomic E-state index is 6.08. The van der Waals surface area contributed by atoms with Gasteiger partial charge in [0, 0.05) is 18.2 Å². The van der Waals surface area contributed by atoms with Crippen molar-refractivity contribution in [2.24, 2.45) is 5.92 Å². The Kier molecular flexibility index (Phi) is 5.68. The van der Waals surface area contributed by atoms with Crippen LogP contribution in [0.4, 0.5) is 5.82 Å². The molecule has 1 N–H and O–H groups in total. The average molecular weight is 308 g/mol. The number of thioether (sulfide) groups is 1. The third-order valence-corrected chi connectivity index (χ3v) is 3.91. The van der Waals surface area contributed by atoms with Crippen LogP contribution in [-0.4, -0.2) is 28.5 Å². The predicted molar refractivity (Wildman–Crippen MR) is 88.5 cm³/mol. The van der Waals surface area contributed by atoms with Crippen molar-refractivity contribution in [3.8, 4) is 11.4 Å². The lowest BCUT2D eigenvalue weighted by atomic mass is 10.2. The van der Waals surface area contributed by atoms with E-state index in [4.69, 9.17) is 11.6 Å². The lowest BCUT2D eigenvalue weighted by molar-refractivity contribution is 0.699. The third kappa shape index (κ3) is 4.39. The SMILES string of the molecule is CSCC(C)CNc1cc(Cl)nc(-c2ccccc2)n1. The summed E-state index contributed by atoms with van der Waals surface area (Å²) >= 11 is 7.93. The van der Waals surface area contributed by atoms with E-state index < -0.39 is 0 Å². The number of nitrogens with zero attached hydrogens (tertiary/aromatic N) is 2. The van der Waals surface area contributed by atoms with Gasteiger partial charge in [-0.1, -0.05) is 48.9 Å². The van der Waals surface area contributed by atoms with Gasteiger partial charge in [0.25, 0.3) is 0 Å². The molecule has 0 spiro atoms. The molecule has 0 aliphatic heterocycles. The van der Waals surface area contributed by atoms with Gasteiger partial charge in [0.15, 0.2) is 5.82 Å². The zero-order chi connectivity index (χ0) is 14.4. The lowest BCUT2D eigenvalue weighted by Crippen LogP contribution is -2.14. The van der Waals surface area contributed by atoms with Gasteiger partial charge in [-0.05, 0) is 17.9 Å². The van der Waals surface area contributed by atoms with Crippen molar-refractivity contribution in [2.75, 3.05) is 23.9 Å². The summed E-state index contributed by atoms with van der Waals surface area (Å²) in [6, 6.07) is 11.6. The fourth-order valence-electron chi connectivity index (χ4n) is 1.85. The van der Waals surface area contributed by atoms with Gasteiger partial charge >= 0.3 is 0 Å². The molecule has 1 unspecified atom stereocenters. The van der Waals surface area contributed by atoms with Crippen LogP contribution < -0.4 is 5.32 Å². The summed E-state index contributed by atoms with van der Waals surface area (Å²) in [4.78, 5) is 8.80. The molecule has 0 bridgehead atoms. The Morgan fingerprint density at radius 1 is 1.25 bits per heavy atom. The van der Waals surface area contributed by atoms with E-state index in [0.29, 0.717) is 16.9 Å². The van der Waals surface area contributed by atoms with Gasteiger partial charge in [0.2, 0.25) is 0 Å². The van der Waals surface area contributed by atoms with Gasteiger partial charge in [-0.25, -0.2) is 9.97 Å². The van der Waals surface area contributed by atoms with Crippen molar-refractivity contribution in [1.82, 2.24) is 9.97 Å². The molecule has 0 saturated carbocycles. The summed E-state index contributed by atoms with van der Waals surface area (Å²) in [6.45, 7) is 3.09. The Labute approximate surface area is 129 Å². The van der Waals surface area contributed by atoms with Crippen LogP contribution in [0.5, 0.6) is 0 Å². The molecule has 0 fully saturated rings. The Morgan fingerprint density at radius 2 is 2.00 bits per heavy atom. The molecule has 1 aromatic heterocycles. The second kappa shape index (κ2) is 7.50. The number of hydrogen-bond donors (Lipinski definition) is 1. The number of halogens is 1. The van der Waals surface area contributed by atoms with Crippen molar-refractivity contribution in [1.29, 1.82) is 0 Å². The first-order chi connectivity index (χ1) is 9.69. The number of aromatic nitrogens is 2. The van der Waals surface area contributed by atoms with Gasteiger partial charge in [-0.15, -0.1) is 0 Å². The predicted octanol–water partition coefficient (Wildman–Crippen LogP) is 4.21. The van der Waals surface area contributed by atoms with Gasteiger partial charge in [0.1, 0.15) is 11.0 Å². The van der Waals surface area contributed by atoms with Crippen LogP contribution in [0.2, 0.25) is 5.15 Å². The van der Waals surface area contributed by atoms with Crippen molar-refractivity contribution in [2.45, 2.75) is 6.92 Å². The minimum atomic E-state index is 0.457. The van der Waals surface area contributed by atoms with E-state index >= 15 is 0 Å². The summed E-state index contributed by atoms with van der Waals surface area (Å²) < 4.78 is 0. The van der Waals surface area contributed by atoms with Gasteiger partial charge in [-0.2, -0.15) is 11.8 Å². The lowest BCUT2D eigenvalue weighted by Gasteiger charge is -2.12. The zero-order valence-corrected chi connectivity index (χ0v) is 13.2. The molecule has 3 nitrogen and oxygen atoms in total. The fourth-order valence-corrected chi connectivity index (χ4v) is 2.72. The highest BCUT2D eigenvalue weighted by atomic mass is 35.5. The van der Waals surface area contributed by atoms with Crippen molar-refractivity contribution in [3.63, 3.8) is 0 Å². The van der Waals surface area contributed by atoms with E-state index in [0.717, 1.165) is 23.7 Å². The van der Waals surface area contributed by atoms with E-state index in [1.165, 1.54) is 0 Å². The molecular formula is C15H18ClN3S. The van der Waals surface area contributed by atoms with Crippen LogP contribution in [0.1, 0.15) is 6.92 Å². The largest absolute Gasteiger partial charge is 0.370 e. The normalized spacial score (nSPS) is 12.2. The summed E-state index contributed by atoms with van der Waals surface area (Å²) in [5.41, 5.74) is 0.968. The Morgan fingerprint density at radius 3 is 2.70 bits per heavy atom. The van der Waals surface area contributed by atoms with E-state index in [1.807, 2.05) is 42.1 Å². The molecule has 2 aromatic rings. The highest BCUT2D eigenvalue weighted by Crippen LogP contribution is 2.20.